The van der Waals surface area contributed by atoms with Gasteiger partial charge in [-0.15, -0.1) is 0 Å². The van der Waals surface area contributed by atoms with Crippen molar-refractivity contribution in [1.82, 2.24) is 0 Å². The van der Waals surface area contributed by atoms with Gasteiger partial charge in [-0.05, 0) is 13.8 Å². The van der Waals surface area contributed by atoms with Crippen molar-refractivity contribution in [3.63, 3.8) is 0 Å². The van der Waals surface area contributed by atoms with Crippen molar-refractivity contribution >= 4 is 48.5 Å². The highest BCUT2D eigenvalue weighted by Gasteiger charge is 2.49. The van der Waals surface area contributed by atoms with Crippen LogP contribution in [-0.4, -0.2) is 28.9 Å². The maximum Gasteiger partial charge on any atom is 0.360 e. The van der Waals surface area contributed by atoms with Gasteiger partial charge in [0.2, 0.25) is 15.7 Å². The lowest BCUT2D eigenvalue weighted by Gasteiger charge is -2.26. The summed E-state index contributed by atoms with van der Waals surface area (Å²) in [6.45, 7) is 3.32. The molecule has 0 aliphatic rings. The maximum absolute atomic E-state index is 12.2. The Hall–Kier alpha value is 0.400. The fourth-order valence-corrected chi connectivity index (χ4v) is 3.76. The number of hydrogen-bond acceptors (Lipinski definition) is 5. The lowest BCUT2D eigenvalue weighted by molar-refractivity contribution is 0.212. The standard InChI is InChI=1S/C7H11Cl3NO4P/c1-3-14-16(13,15-4-2)6(11-5-12)7(8,9)10/h6H,3-4H2,1-2H3. The number of rotatable bonds is 6. The smallest absolute Gasteiger partial charge is 0.307 e. The summed E-state index contributed by atoms with van der Waals surface area (Å²) in [5, 5.41) is 0. The summed E-state index contributed by atoms with van der Waals surface area (Å²) in [5.41, 5.74) is 0. The molecule has 0 N–H and O–H groups in total. The van der Waals surface area contributed by atoms with Crippen LogP contribution in [0.25, 0.3) is 0 Å². The van der Waals surface area contributed by atoms with Crippen LogP contribution in [0.1, 0.15) is 13.8 Å². The Bertz CT molecular complexity index is 303. The van der Waals surface area contributed by atoms with E-state index in [4.69, 9.17) is 43.9 Å². The molecule has 9 heteroatoms. The van der Waals surface area contributed by atoms with Crippen molar-refractivity contribution in [3.05, 3.63) is 0 Å². The predicted molar refractivity (Wildman–Crippen MR) is 63.1 cm³/mol. The zero-order valence-electron chi connectivity index (χ0n) is 8.65. The zero-order valence-corrected chi connectivity index (χ0v) is 11.8. The Labute approximate surface area is 109 Å². The van der Waals surface area contributed by atoms with E-state index in [0.717, 1.165) is 0 Å². The largest absolute Gasteiger partial charge is 0.360 e. The van der Waals surface area contributed by atoms with Crippen LogP contribution < -0.4 is 0 Å². The summed E-state index contributed by atoms with van der Waals surface area (Å²) in [6.07, 6.45) is 1.19. The third kappa shape index (κ3) is 4.72. The first-order chi connectivity index (χ1) is 7.31. The topological polar surface area (TPSA) is 65.0 Å². The summed E-state index contributed by atoms with van der Waals surface area (Å²) in [7, 11) is -3.79. The first kappa shape index (κ1) is 16.4. The first-order valence-electron chi connectivity index (χ1n) is 4.34. The Morgan fingerprint density at radius 1 is 1.31 bits per heavy atom. The molecule has 94 valence electrons. The van der Waals surface area contributed by atoms with E-state index in [1.807, 2.05) is 0 Å². The highest BCUT2D eigenvalue weighted by atomic mass is 35.6. The number of halogens is 3. The van der Waals surface area contributed by atoms with Gasteiger partial charge in [0.05, 0.1) is 13.2 Å². The van der Waals surface area contributed by atoms with Crippen LogP contribution in [0.3, 0.4) is 0 Å². The number of carbonyl (C=O) groups excluding carboxylic acids is 1. The van der Waals surface area contributed by atoms with Crippen molar-refractivity contribution in [2.45, 2.75) is 23.4 Å². The van der Waals surface area contributed by atoms with E-state index in [1.165, 1.54) is 6.08 Å². The highest BCUT2D eigenvalue weighted by molar-refractivity contribution is 7.55. The van der Waals surface area contributed by atoms with Gasteiger partial charge < -0.3 is 9.05 Å². The van der Waals surface area contributed by atoms with E-state index >= 15 is 0 Å². The third-order valence-electron chi connectivity index (χ3n) is 1.39. The molecule has 0 rings (SSSR count). The van der Waals surface area contributed by atoms with E-state index in [-0.39, 0.29) is 13.2 Å². The second-order valence-corrected chi connectivity index (χ2v) is 6.97. The van der Waals surface area contributed by atoms with Crippen molar-refractivity contribution in [2.75, 3.05) is 13.2 Å². The molecule has 0 spiro atoms. The van der Waals surface area contributed by atoms with Crippen molar-refractivity contribution < 1.29 is 18.4 Å². The Morgan fingerprint density at radius 2 is 1.75 bits per heavy atom. The molecule has 0 aliphatic heterocycles. The van der Waals surface area contributed by atoms with Crippen LogP contribution in [0, 0.1) is 0 Å². The molecule has 0 bridgehead atoms. The highest BCUT2D eigenvalue weighted by Crippen LogP contribution is 2.60. The van der Waals surface area contributed by atoms with Crippen molar-refractivity contribution in [1.29, 1.82) is 0 Å². The molecule has 1 atom stereocenters. The van der Waals surface area contributed by atoms with Crippen LogP contribution in [0.15, 0.2) is 4.99 Å². The summed E-state index contributed by atoms with van der Waals surface area (Å²) >= 11 is 16.7. The lowest BCUT2D eigenvalue weighted by atomic mass is 10.7. The summed E-state index contributed by atoms with van der Waals surface area (Å²) in [6, 6.07) is 0. The van der Waals surface area contributed by atoms with Crippen LogP contribution >= 0.6 is 42.4 Å². The van der Waals surface area contributed by atoms with Gasteiger partial charge in [0.25, 0.3) is 0 Å². The van der Waals surface area contributed by atoms with Gasteiger partial charge in [-0.2, -0.15) is 4.99 Å². The average molecular weight is 311 g/mol. The fourth-order valence-electron chi connectivity index (χ4n) is 0.911. The van der Waals surface area contributed by atoms with Gasteiger partial charge in [0.1, 0.15) is 0 Å². The van der Waals surface area contributed by atoms with E-state index in [0.29, 0.717) is 0 Å². The number of hydrogen-bond donors (Lipinski definition) is 0. The van der Waals surface area contributed by atoms with Gasteiger partial charge in [0, 0.05) is 0 Å². The second kappa shape index (κ2) is 6.97. The minimum absolute atomic E-state index is 0.0723. The molecule has 0 aromatic carbocycles. The van der Waals surface area contributed by atoms with Gasteiger partial charge in [-0.25, -0.2) is 4.79 Å². The molecule has 1 unspecified atom stereocenters. The van der Waals surface area contributed by atoms with Crippen LogP contribution in [0.4, 0.5) is 0 Å². The molecule has 0 aromatic heterocycles. The van der Waals surface area contributed by atoms with E-state index in [9.17, 15) is 9.36 Å². The molecule has 0 radical (unpaired) electrons. The SMILES string of the molecule is CCOP(=O)(OCC)C(N=C=O)C(Cl)(Cl)Cl. The molecule has 0 saturated carbocycles. The monoisotopic (exact) mass is 309 g/mol. The zero-order chi connectivity index (χ0) is 12.8. The molecule has 0 amide bonds. The molecule has 16 heavy (non-hydrogen) atoms. The van der Waals surface area contributed by atoms with Gasteiger partial charge in [-0.1, -0.05) is 34.8 Å². The maximum atomic E-state index is 12.2. The minimum Gasteiger partial charge on any atom is -0.307 e. The summed E-state index contributed by atoms with van der Waals surface area (Å²) < 4.78 is 19.9. The van der Waals surface area contributed by atoms with Crippen molar-refractivity contribution in [3.8, 4) is 0 Å². The summed E-state index contributed by atoms with van der Waals surface area (Å²) in [4.78, 5) is 13.4. The average Bonchev–Trinajstić information content (AvgIpc) is 2.13. The van der Waals surface area contributed by atoms with Gasteiger partial charge >= 0.3 is 7.60 Å². The number of nitrogens with zero attached hydrogens (tertiary/aromatic N) is 1. The first-order valence-corrected chi connectivity index (χ1v) is 7.08. The third-order valence-corrected chi connectivity index (χ3v) is 4.80. The molecule has 0 saturated heterocycles. The van der Waals surface area contributed by atoms with Crippen LogP contribution in [0.2, 0.25) is 0 Å². The molecule has 0 aromatic rings. The Morgan fingerprint density at radius 3 is 2.00 bits per heavy atom. The Kier molecular flexibility index (Phi) is 7.15. The van der Waals surface area contributed by atoms with Crippen molar-refractivity contribution in [2.24, 2.45) is 4.99 Å². The van der Waals surface area contributed by atoms with Crippen LogP contribution in [-0.2, 0) is 18.4 Å². The minimum atomic E-state index is -3.79. The number of isocyanates is 1. The second-order valence-electron chi connectivity index (χ2n) is 2.51. The fraction of sp³-hybridized carbons (Fsp3) is 0.857. The summed E-state index contributed by atoms with van der Waals surface area (Å²) in [5.74, 6) is -1.53. The molecular formula is C7H11Cl3NO4P. The molecule has 0 aliphatic carbocycles. The lowest BCUT2D eigenvalue weighted by Crippen LogP contribution is -2.25. The predicted octanol–water partition coefficient (Wildman–Crippen LogP) is 3.28. The van der Waals surface area contributed by atoms with Crippen LogP contribution in [0.5, 0.6) is 0 Å². The Balaban J connectivity index is 5.26. The number of aliphatic imine (C=N–C) groups is 1. The normalized spacial score (nSPS) is 14.3. The number of alkyl halides is 3. The molecule has 0 heterocycles. The quantitative estimate of drug-likeness (QED) is 0.327. The molecule has 0 fully saturated rings. The van der Waals surface area contributed by atoms with E-state index in [1.54, 1.807) is 13.8 Å². The van der Waals surface area contributed by atoms with Gasteiger partial charge in [0.15, 0.2) is 0 Å². The van der Waals surface area contributed by atoms with Gasteiger partial charge in [-0.3, -0.25) is 4.57 Å². The van der Waals surface area contributed by atoms with E-state index < -0.39 is 17.2 Å². The molecule has 5 nitrogen and oxygen atoms in total. The van der Waals surface area contributed by atoms with E-state index in [2.05, 4.69) is 4.99 Å². The molecular weight excluding hydrogens is 299 g/mol.